The number of ether oxygens (including phenoxy) is 1. The van der Waals surface area contributed by atoms with Crippen molar-refractivity contribution in [2.24, 2.45) is 0 Å². The van der Waals surface area contributed by atoms with E-state index in [1.807, 2.05) is 23.1 Å². The van der Waals surface area contributed by atoms with E-state index < -0.39 is 0 Å². The first-order valence-corrected chi connectivity index (χ1v) is 7.95. The second-order valence-electron chi connectivity index (χ2n) is 6.62. The van der Waals surface area contributed by atoms with Gasteiger partial charge in [0.15, 0.2) is 0 Å². The summed E-state index contributed by atoms with van der Waals surface area (Å²) in [7, 11) is 0. The lowest BCUT2D eigenvalue weighted by Crippen LogP contribution is -2.14. The van der Waals surface area contributed by atoms with Crippen LogP contribution in [0.15, 0.2) is 4.90 Å². The van der Waals surface area contributed by atoms with Crippen LogP contribution >= 0.6 is 23.1 Å². The van der Waals surface area contributed by atoms with Crippen molar-refractivity contribution in [1.82, 2.24) is 0 Å². The van der Waals surface area contributed by atoms with Gasteiger partial charge in [-0.2, -0.15) is 0 Å². The summed E-state index contributed by atoms with van der Waals surface area (Å²) in [6.45, 7) is 14.5. The van der Waals surface area contributed by atoms with E-state index in [1.165, 1.54) is 20.4 Å². The topological polar surface area (TPSA) is 9.23 Å². The molecule has 17 heavy (non-hydrogen) atoms. The predicted molar refractivity (Wildman–Crippen MR) is 77.9 cm³/mol. The van der Waals surface area contributed by atoms with Crippen LogP contribution < -0.4 is 4.74 Å². The third kappa shape index (κ3) is 2.50. The number of thioether (sulfide) groups is 1. The Hall–Kier alpha value is -0.150. The van der Waals surface area contributed by atoms with Crippen molar-refractivity contribution in [1.29, 1.82) is 0 Å². The minimum atomic E-state index is 0.177. The molecule has 1 aromatic rings. The van der Waals surface area contributed by atoms with Gasteiger partial charge in [0.05, 0.1) is 16.4 Å². The summed E-state index contributed by atoms with van der Waals surface area (Å²) >= 11 is 3.91. The first-order chi connectivity index (χ1) is 7.71. The molecular weight excluding hydrogens is 248 g/mol. The lowest BCUT2D eigenvalue weighted by molar-refractivity contribution is 0.321. The summed E-state index contributed by atoms with van der Waals surface area (Å²) in [6, 6.07) is 0. The van der Waals surface area contributed by atoms with Crippen LogP contribution in [0, 0.1) is 0 Å². The maximum Gasteiger partial charge on any atom is 0.147 e. The SMILES string of the molecule is CC(C)(C)c1sc(C(C)(C)C)c2c1OCCS2. The Kier molecular flexibility index (Phi) is 3.28. The van der Waals surface area contributed by atoms with Crippen LogP contribution in [0.5, 0.6) is 5.75 Å². The Morgan fingerprint density at radius 3 is 2.06 bits per heavy atom. The summed E-state index contributed by atoms with van der Waals surface area (Å²) in [4.78, 5) is 4.30. The second kappa shape index (κ2) is 4.20. The minimum absolute atomic E-state index is 0.177. The van der Waals surface area contributed by atoms with E-state index in [1.54, 1.807) is 0 Å². The third-order valence-corrected chi connectivity index (χ3v) is 5.96. The summed E-state index contributed by atoms with van der Waals surface area (Å²) in [6.07, 6.45) is 0. The van der Waals surface area contributed by atoms with Gasteiger partial charge in [-0.25, -0.2) is 0 Å². The Balaban J connectivity index is 2.60. The number of thiophene rings is 1. The highest BCUT2D eigenvalue weighted by molar-refractivity contribution is 7.99. The lowest BCUT2D eigenvalue weighted by atomic mass is 9.92. The zero-order valence-corrected chi connectivity index (χ0v) is 13.3. The molecule has 0 spiro atoms. The largest absolute Gasteiger partial charge is 0.490 e. The molecule has 0 saturated carbocycles. The Morgan fingerprint density at radius 1 is 0.941 bits per heavy atom. The molecular formula is C14H22OS2. The fourth-order valence-electron chi connectivity index (χ4n) is 1.94. The highest BCUT2D eigenvalue weighted by Gasteiger charge is 2.33. The van der Waals surface area contributed by atoms with Crippen LogP contribution in [0.25, 0.3) is 0 Å². The van der Waals surface area contributed by atoms with Gasteiger partial charge in [0.25, 0.3) is 0 Å². The summed E-state index contributed by atoms with van der Waals surface area (Å²) < 4.78 is 5.95. The Labute approximate surface area is 113 Å². The van der Waals surface area contributed by atoms with Crippen molar-refractivity contribution < 1.29 is 4.74 Å². The predicted octanol–water partition coefficient (Wildman–Crippen LogP) is 4.83. The van der Waals surface area contributed by atoms with Crippen LogP contribution in [0.3, 0.4) is 0 Å². The van der Waals surface area contributed by atoms with Crippen molar-refractivity contribution in [2.75, 3.05) is 12.4 Å². The molecule has 1 aliphatic heterocycles. The van der Waals surface area contributed by atoms with Gasteiger partial charge >= 0.3 is 0 Å². The molecule has 2 heterocycles. The van der Waals surface area contributed by atoms with E-state index in [4.69, 9.17) is 4.74 Å². The van der Waals surface area contributed by atoms with Gasteiger partial charge in [0, 0.05) is 10.6 Å². The lowest BCUT2D eigenvalue weighted by Gasteiger charge is -2.22. The second-order valence-corrected chi connectivity index (χ2v) is 8.74. The van der Waals surface area contributed by atoms with Crippen LogP contribution in [-0.4, -0.2) is 12.4 Å². The van der Waals surface area contributed by atoms with E-state index >= 15 is 0 Å². The van der Waals surface area contributed by atoms with Crippen LogP contribution in [0.2, 0.25) is 0 Å². The maximum atomic E-state index is 5.95. The molecule has 0 saturated heterocycles. The van der Waals surface area contributed by atoms with E-state index in [0.29, 0.717) is 0 Å². The van der Waals surface area contributed by atoms with Gasteiger partial charge in [0.2, 0.25) is 0 Å². The molecule has 0 bridgehead atoms. The summed E-state index contributed by atoms with van der Waals surface area (Å²) in [5.41, 5.74) is 0.391. The molecule has 0 unspecified atom stereocenters. The zero-order chi connectivity index (χ0) is 12.8. The van der Waals surface area contributed by atoms with E-state index in [0.717, 1.165) is 12.4 Å². The highest BCUT2D eigenvalue weighted by atomic mass is 32.2. The third-order valence-electron chi connectivity index (χ3n) is 2.76. The first kappa shape index (κ1) is 13.3. The van der Waals surface area contributed by atoms with Gasteiger partial charge in [-0.1, -0.05) is 41.5 Å². The number of fused-ring (bicyclic) bond motifs is 1. The standard InChI is InChI=1S/C14H22OS2/c1-13(2,3)11-9-10(16-8-7-15-9)12(17-11)14(4,5)6/h7-8H2,1-6H3. The molecule has 96 valence electrons. The van der Waals surface area contributed by atoms with Gasteiger partial charge in [-0.05, 0) is 10.8 Å². The van der Waals surface area contributed by atoms with Gasteiger partial charge in [-0.15, -0.1) is 23.1 Å². The van der Waals surface area contributed by atoms with Crippen molar-refractivity contribution in [3.63, 3.8) is 0 Å². The van der Waals surface area contributed by atoms with Crippen LogP contribution in [0.1, 0.15) is 51.3 Å². The number of hydrogen-bond acceptors (Lipinski definition) is 3. The zero-order valence-electron chi connectivity index (χ0n) is 11.6. The molecule has 0 radical (unpaired) electrons. The number of rotatable bonds is 0. The van der Waals surface area contributed by atoms with Crippen molar-refractivity contribution in [3.8, 4) is 5.75 Å². The fourth-order valence-corrected chi connectivity index (χ4v) is 4.66. The molecule has 2 rings (SSSR count). The fraction of sp³-hybridized carbons (Fsp3) is 0.714. The highest BCUT2D eigenvalue weighted by Crippen LogP contribution is 2.52. The van der Waals surface area contributed by atoms with E-state index in [-0.39, 0.29) is 10.8 Å². The molecule has 0 N–H and O–H groups in total. The normalized spacial score (nSPS) is 16.6. The molecule has 0 aliphatic carbocycles. The van der Waals surface area contributed by atoms with Crippen LogP contribution in [-0.2, 0) is 10.8 Å². The van der Waals surface area contributed by atoms with Gasteiger partial charge < -0.3 is 4.74 Å². The van der Waals surface area contributed by atoms with Crippen LogP contribution in [0.4, 0.5) is 0 Å². The van der Waals surface area contributed by atoms with Gasteiger partial charge in [0.1, 0.15) is 5.75 Å². The van der Waals surface area contributed by atoms with Crippen molar-refractivity contribution in [3.05, 3.63) is 9.75 Å². The van der Waals surface area contributed by atoms with E-state index in [9.17, 15) is 0 Å². The molecule has 0 atom stereocenters. The average Bonchev–Trinajstić information content (AvgIpc) is 2.55. The maximum absolute atomic E-state index is 5.95. The molecule has 1 aliphatic rings. The average molecular weight is 270 g/mol. The van der Waals surface area contributed by atoms with E-state index in [2.05, 4.69) is 41.5 Å². The smallest absolute Gasteiger partial charge is 0.147 e. The molecule has 1 nitrogen and oxygen atoms in total. The van der Waals surface area contributed by atoms with Crippen molar-refractivity contribution >= 4 is 23.1 Å². The molecule has 3 heteroatoms. The quantitative estimate of drug-likeness (QED) is 0.668. The monoisotopic (exact) mass is 270 g/mol. The summed E-state index contributed by atoms with van der Waals surface area (Å²) in [5.74, 6) is 2.25. The van der Waals surface area contributed by atoms with Gasteiger partial charge in [-0.3, -0.25) is 0 Å². The Bertz CT molecular complexity index is 380. The minimum Gasteiger partial charge on any atom is -0.490 e. The Morgan fingerprint density at radius 2 is 1.53 bits per heavy atom. The van der Waals surface area contributed by atoms with Crippen molar-refractivity contribution in [2.45, 2.75) is 57.3 Å². The molecule has 1 aromatic heterocycles. The first-order valence-electron chi connectivity index (χ1n) is 6.14. The summed E-state index contributed by atoms with van der Waals surface area (Å²) in [5, 5.41) is 0. The molecule has 0 aromatic carbocycles. The number of hydrogen-bond donors (Lipinski definition) is 0. The molecule has 0 fully saturated rings. The molecule has 0 amide bonds.